The Morgan fingerprint density at radius 1 is 1.10 bits per heavy atom. The third-order valence-corrected chi connectivity index (χ3v) is 5.28. The quantitative estimate of drug-likeness (QED) is 0.619. The number of alkyl halides is 3. The van der Waals surface area contributed by atoms with Crippen LogP contribution in [0, 0.1) is 0 Å². The van der Waals surface area contributed by atoms with Gasteiger partial charge < -0.3 is 9.74 Å². The normalized spacial score (nSPS) is 16.5. The summed E-state index contributed by atoms with van der Waals surface area (Å²) < 4.78 is 39.0. The topological polar surface area (TPSA) is 63.5 Å². The number of nitrogens with zero attached hydrogens (tertiary/aromatic N) is 5. The van der Waals surface area contributed by atoms with Gasteiger partial charge >= 0.3 is 6.18 Å². The van der Waals surface area contributed by atoms with Crippen molar-refractivity contribution in [1.29, 1.82) is 0 Å². The molecule has 2 aromatic carbocycles. The molecule has 7 nitrogen and oxygen atoms in total. The molecular formula is C21H22F3N5O2. The molecule has 0 bridgehead atoms. The average Bonchev–Trinajstić information content (AvgIpc) is 3.16. The lowest BCUT2D eigenvalue weighted by Gasteiger charge is -2.35. The molecule has 10 heteroatoms. The zero-order chi connectivity index (χ0) is 22.0. The number of carbonyl (C=O) groups is 1. The first kappa shape index (κ1) is 21.1. The molecule has 3 aromatic rings. The van der Waals surface area contributed by atoms with Crippen LogP contribution in [0.2, 0.25) is 0 Å². The van der Waals surface area contributed by atoms with Crippen molar-refractivity contribution < 1.29 is 22.8 Å². The molecule has 1 aromatic heterocycles. The van der Waals surface area contributed by atoms with Gasteiger partial charge in [-0.2, -0.15) is 13.2 Å². The van der Waals surface area contributed by atoms with Gasteiger partial charge in [0.2, 0.25) is 6.10 Å². The highest BCUT2D eigenvalue weighted by molar-refractivity contribution is 5.81. The van der Waals surface area contributed by atoms with Gasteiger partial charge in [0.05, 0.1) is 5.56 Å². The van der Waals surface area contributed by atoms with Crippen LogP contribution in [-0.2, 0) is 17.5 Å². The fourth-order valence-electron chi connectivity index (χ4n) is 3.57. The summed E-state index contributed by atoms with van der Waals surface area (Å²) in [6, 6.07) is 13.2. The number of fused-ring (bicyclic) bond motifs is 1. The molecular weight excluding hydrogens is 411 g/mol. The van der Waals surface area contributed by atoms with Crippen molar-refractivity contribution in [3.05, 3.63) is 59.7 Å². The standard InChI is InChI=1S/C21H22F3N5O2/c1-15(31-29-19-13-17(21(22,23)24)7-8-18(19)25-26-29)20(30)28-11-9-27(10-12-28)14-16-5-3-2-4-6-16/h2-8,13,15H,9-12,14H2,1H3/t15-/m1/s1. The summed E-state index contributed by atoms with van der Waals surface area (Å²) in [7, 11) is 0. The molecule has 0 radical (unpaired) electrons. The Bertz CT molecular complexity index is 1050. The Morgan fingerprint density at radius 2 is 1.81 bits per heavy atom. The number of benzene rings is 2. The minimum atomic E-state index is -4.50. The number of rotatable bonds is 5. The molecule has 0 aliphatic carbocycles. The molecule has 0 unspecified atom stereocenters. The van der Waals surface area contributed by atoms with Crippen molar-refractivity contribution in [2.75, 3.05) is 26.2 Å². The molecule has 0 N–H and O–H groups in total. The van der Waals surface area contributed by atoms with Crippen LogP contribution in [0.4, 0.5) is 13.2 Å². The van der Waals surface area contributed by atoms with E-state index in [-0.39, 0.29) is 16.9 Å². The molecule has 1 amide bonds. The Balaban J connectivity index is 1.37. The van der Waals surface area contributed by atoms with Gasteiger partial charge in [-0.05, 0) is 35.9 Å². The molecule has 1 aliphatic heterocycles. The summed E-state index contributed by atoms with van der Waals surface area (Å²) in [6.45, 7) is 4.94. The number of aromatic nitrogens is 3. The Hall–Kier alpha value is -3.14. The first-order valence-electron chi connectivity index (χ1n) is 9.96. The van der Waals surface area contributed by atoms with Crippen molar-refractivity contribution in [3.8, 4) is 0 Å². The maximum absolute atomic E-state index is 13.0. The number of carbonyl (C=O) groups excluding carboxylic acids is 1. The van der Waals surface area contributed by atoms with Crippen molar-refractivity contribution in [2.24, 2.45) is 0 Å². The zero-order valence-electron chi connectivity index (χ0n) is 16.9. The van der Waals surface area contributed by atoms with Gasteiger partial charge in [-0.25, -0.2) is 0 Å². The van der Waals surface area contributed by atoms with Gasteiger partial charge in [0, 0.05) is 32.7 Å². The summed E-state index contributed by atoms with van der Waals surface area (Å²) in [5.74, 6) is -0.241. The molecule has 1 atom stereocenters. The lowest BCUT2D eigenvalue weighted by Crippen LogP contribution is -2.52. The van der Waals surface area contributed by atoms with Crippen LogP contribution in [0.3, 0.4) is 0 Å². The third kappa shape index (κ3) is 4.79. The predicted molar refractivity (Wildman–Crippen MR) is 107 cm³/mol. The zero-order valence-corrected chi connectivity index (χ0v) is 16.9. The SMILES string of the molecule is C[C@@H](On1nnc2ccc(C(F)(F)F)cc21)C(=O)N1CCN(Cc2ccccc2)CC1. The highest BCUT2D eigenvalue weighted by atomic mass is 19.4. The highest BCUT2D eigenvalue weighted by Crippen LogP contribution is 2.30. The van der Waals surface area contributed by atoms with Gasteiger partial charge in [0.15, 0.2) is 0 Å². The Morgan fingerprint density at radius 3 is 2.48 bits per heavy atom. The maximum atomic E-state index is 13.0. The fourth-order valence-corrected chi connectivity index (χ4v) is 3.57. The van der Waals surface area contributed by atoms with Gasteiger partial charge in [-0.3, -0.25) is 9.69 Å². The van der Waals surface area contributed by atoms with Crippen molar-refractivity contribution in [3.63, 3.8) is 0 Å². The van der Waals surface area contributed by atoms with E-state index in [1.807, 2.05) is 18.2 Å². The largest absolute Gasteiger partial charge is 0.416 e. The van der Waals surface area contributed by atoms with Crippen molar-refractivity contribution in [2.45, 2.75) is 25.7 Å². The van der Waals surface area contributed by atoms with Crippen LogP contribution in [0.1, 0.15) is 18.1 Å². The van der Waals surface area contributed by atoms with Crippen molar-refractivity contribution in [1.82, 2.24) is 25.0 Å². The van der Waals surface area contributed by atoms with Crippen LogP contribution in [0.25, 0.3) is 11.0 Å². The van der Waals surface area contributed by atoms with Gasteiger partial charge in [0.25, 0.3) is 5.91 Å². The molecule has 164 valence electrons. The second kappa shape index (κ2) is 8.54. The molecule has 0 saturated carbocycles. The van der Waals surface area contributed by atoms with Gasteiger partial charge in [-0.15, -0.1) is 5.10 Å². The summed E-state index contributed by atoms with van der Waals surface area (Å²) in [4.78, 5) is 23.2. The van der Waals surface area contributed by atoms with E-state index in [0.29, 0.717) is 13.1 Å². The molecule has 2 heterocycles. The first-order valence-corrected chi connectivity index (χ1v) is 9.96. The van der Waals surface area contributed by atoms with Crippen LogP contribution >= 0.6 is 0 Å². The second-order valence-electron chi connectivity index (χ2n) is 7.50. The van der Waals surface area contributed by atoms with E-state index in [1.165, 1.54) is 11.6 Å². The lowest BCUT2D eigenvalue weighted by atomic mass is 10.2. The van der Waals surface area contributed by atoms with Crippen molar-refractivity contribution >= 4 is 16.9 Å². The minimum absolute atomic E-state index is 0.0576. The third-order valence-electron chi connectivity index (χ3n) is 5.28. The van der Waals surface area contributed by atoms with Crippen LogP contribution in [0.15, 0.2) is 48.5 Å². The molecule has 4 rings (SSSR count). The smallest absolute Gasteiger partial charge is 0.382 e. The van der Waals surface area contributed by atoms with Gasteiger partial charge in [0.1, 0.15) is 11.0 Å². The Kier molecular flexibility index (Phi) is 5.81. The summed E-state index contributed by atoms with van der Waals surface area (Å²) in [6.07, 6.45) is -5.41. The van der Waals surface area contributed by atoms with E-state index in [1.54, 1.807) is 11.8 Å². The fraction of sp³-hybridized carbons (Fsp3) is 0.381. The number of piperazine rings is 1. The second-order valence-corrected chi connectivity index (χ2v) is 7.50. The van der Waals surface area contributed by atoms with E-state index < -0.39 is 17.8 Å². The molecule has 0 spiro atoms. The molecule has 1 fully saturated rings. The predicted octanol–water partition coefficient (Wildman–Crippen LogP) is 2.61. The van der Waals surface area contributed by atoms with Gasteiger partial charge in [-0.1, -0.05) is 35.2 Å². The van der Waals surface area contributed by atoms with Crippen LogP contribution in [0.5, 0.6) is 0 Å². The Labute approximate surface area is 176 Å². The van der Waals surface area contributed by atoms with Crippen LogP contribution < -0.4 is 4.84 Å². The summed E-state index contributed by atoms with van der Waals surface area (Å²) in [5.41, 5.74) is 0.695. The highest BCUT2D eigenvalue weighted by Gasteiger charge is 2.32. The number of hydrogen-bond donors (Lipinski definition) is 0. The summed E-state index contributed by atoms with van der Waals surface area (Å²) >= 11 is 0. The molecule has 31 heavy (non-hydrogen) atoms. The van der Waals surface area contributed by atoms with E-state index in [4.69, 9.17) is 4.84 Å². The monoisotopic (exact) mass is 433 g/mol. The van der Waals surface area contributed by atoms with Crippen LogP contribution in [-0.4, -0.2) is 63.1 Å². The average molecular weight is 433 g/mol. The number of amides is 1. The first-order chi connectivity index (χ1) is 14.8. The molecule has 1 saturated heterocycles. The van der Waals surface area contributed by atoms with E-state index >= 15 is 0 Å². The summed E-state index contributed by atoms with van der Waals surface area (Å²) in [5, 5.41) is 7.55. The van der Waals surface area contributed by atoms with E-state index in [0.717, 1.165) is 36.6 Å². The minimum Gasteiger partial charge on any atom is -0.382 e. The van der Waals surface area contributed by atoms with E-state index in [9.17, 15) is 18.0 Å². The lowest BCUT2D eigenvalue weighted by molar-refractivity contribution is -0.145. The number of halogens is 3. The number of hydrogen-bond acceptors (Lipinski definition) is 5. The molecule has 1 aliphatic rings. The van der Waals surface area contributed by atoms with E-state index in [2.05, 4.69) is 27.3 Å². The maximum Gasteiger partial charge on any atom is 0.416 e.